The number of epoxide rings is 1. The highest BCUT2D eigenvalue weighted by Gasteiger charge is 2.80. The van der Waals surface area contributed by atoms with E-state index in [4.69, 9.17) is 9.47 Å². The second kappa shape index (κ2) is 6.12. The van der Waals surface area contributed by atoms with Crippen molar-refractivity contribution in [3.8, 4) is 0 Å². The fraction of sp³-hybridized carbons (Fsp3) is 0.708. The highest BCUT2D eigenvalue weighted by atomic mass is 19.1. The highest BCUT2D eigenvalue weighted by Crippen LogP contribution is 2.76. The second-order valence-electron chi connectivity index (χ2n) is 10.5. The minimum atomic E-state index is -1.18. The van der Waals surface area contributed by atoms with Gasteiger partial charge in [-0.25, -0.2) is 4.39 Å². The Labute approximate surface area is 176 Å². The Morgan fingerprint density at radius 2 is 2.00 bits per heavy atom. The topological polar surface area (TPSA) is 73.0 Å². The normalized spacial score (nSPS) is 50.6. The van der Waals surface area contributed by atoms with E-state index in [-0.39, 0.29) is 53.4 Å². The molecule has 3 saturated carbocycles. The molecule has 6 heteroatoms. The van der Waals surface area contributed by atoms with Crippen LogP contribution < -0.4 is 0 Å². The Bertz CT molecular complexity index is 907. The van der Waals surface area contributed by atoms with Crippen molar-refractivity contribution in [3.63, 3.8) is 0 Å². The maximum absolute atomic E-state index is 15.4. The zero-order valence-electron chi connectivity index (χ0n) is 17.9. The summed E-state index contributed by atoms with van der Waals surface area (Å²) in [6.45, 7) is 7.34. The molecule has 0 amide bonds. The first-order valence-corrected chi connectivity index (χ1v) is 11.0. The molecule has 1 saturated heterocycles. The molecule has 1 aliphatic heterocycles. The fourth-order valence-electron chi connectivity index (χ4n) is 7.95. The standard InChI is InChI=1S/C24H29FO5/c1-12-7-15-16-9-18(25)17-8-14(27)5-6-23(17,4)24(16)20(30-24)10-22(15,3)21(12)19(28)11-29-13(2)26/h5-6,8,12,15-16,18,20-21H,7,9-11H2,1-4H3. The minimum Gasteiger partial charge on any atom is -0.458 e. The number of fused-ring (bicyclic) bond motifs is 3. The predicted octanol–water partition coefficient (Wildman–Crippen LogP) is 3.37. The third-order valence-electron chi connectivity index (χ3n) is 9.03. The van der Waals surface area contributed by atoms with Crippen molar-refractivity contribution in [2.75, 3.05) is 6.61 Å². The van der Waals surface area contributed by atoms with Crippen LogP contribution in [-0.2, 0) is 23.9 Å². The molecule has 0 aromatic heterocycles. The van der Waals surface area contributed by atoms with E-state index in [0.29, 0.717) is 12.0 Å². The van der Waals surface area contributed by atoms with Crippen LogP contribution in [0.5, 0.6) is 0 Å². The molecule has 4 fully saturated rings. The maximum Gasteiger partial charge on any atom is 0.303 e. The summed E-state index contributed by atoms with van der Waals surface area (Å²) in [4.78, 5) is 36.2. The van der Waals surface area contributed by atoms with Crippen molar-refractivity contribution >= 4 is 17.5 Å². The number of esters is 1. The van der Waals surface area contributed by atoms with Gasteiger partial charge < -0.3 is 9.47 Å². The summed E-state index contributed by atoms with van der Waals surface area (Å²) in [5.41, 5.74) is -0.877. The Kier molecular flexibility index (Phi) is 4.10. The van der Waals surface area contributed by atoms with E-state index in [9.17, 15) is 14.4 Å². The van der Waals surface area contributed by atoms with E-state index in [1.807, 2.05) is 13.0 Å². The van der Waals surface area contributed by atoms with Gasteiger partial charge in [-0.15, -0.1) is 0 Å². The van der Waals surface area contributed by atoms with Crippen LogP contribution in [-0.4, -0.2) is 42.0 Å². The molecule has 4 aliphatic carbocycles. The van der Waals surface area contributed by atoms with Gasteiger partial charge in [0.05, 0.1) is 6.10 Å². The number of carbonyl (C=O) groups excluding carboxylic acids is 3. The van der Waals surface area contributed by atoms with E-state index >= 15 is 4.39 Å². The van der Waals surface area contributed by atoms with Crippen molar-refractivity contribution in [3.05, 3.63) is 23.8 Å². The van der Waals surface area contributed by atoms with Gasteiger partial charge in [-0.1, -0.05) is 19.9 Å². The largest absolute Gasteiger partial charge is 0.458 e. The molecule has 5 nitrogen and oxygen atoms in total. The molecule has 30 heavy (non-hydrogen) atoms. The Morgan fingerprint density at radius 1 is 1.27 bits per heavy atom. The van der Waals surface area contributed by atoms with Gasteiger partial charge in [0, 0.05) is 18.3 Å². The number of hydrogen-bond acceptors (Lipinski definition) is 5. The van der Waals surface area contributed by atoms with E-state index in [0.717, 1.165) is 12.8 Å². The zero-order valence-corrected chi connectivity index (χ0v) is 17.9. The first-order valence-electron chi connectivity index (χ1n) is 11.0. The summed E-state index contributed by atoms with van der Waals surface area (Å²) in [6.07, 6.45) is 5.52. The molecular weight excluding hydrogens is 387 g/mol. The molecule has 0 bridgehead atoms. The van der Waals surface area contributed by atoms with Crippen LogP contribution in [0.3, 0.4) is 0 Å². The number of carbonyl (C=O) groups is 3. The van der Waals surface area contributed by atoms with Gasteiger partial charge in [0.1, 0.15) is 18.4 Å². The number of ether oxygens (including phenoxy) is 2. The van der Waals surface area contributed by atoms with Crippen LogP contribution >= 0.6 is 0 Å². The van der Waals surface area contributed by atoms with E-state index in [1.165, 1.54) is 13.0 Å². The Balaban J connectivity index is 1.51. The minimum absolute atomic E-state index is 0.00905. The first-order chi connectivity index (χ1) is 14.0. The number of Topliss-reactive ketones (excluding diaryl/α,β-unsaturated/α-hetero) is 1. The van der Waals surface area contributed by atoms with Gasteiger partial charge in [0.25, 0.3) is 0 Å². The van der Waals surface area contributed by atoms with Gasteiger partial charge >= 0.3 is 5.97 Å². The average Bonchev–Trinajstić information content (AvgIpc) is 3.31. The maximum atomic E-state index is 15.4. The summed E-state index contributed by atoms with van der Waals surface area (Å²) in [5.74, 6) is -0.603. The van der Waals surface area contributed by atoms with E-state index < -0.39 is 23.2 Å². The lowest BCUT2D eigenvalue weighted by atomic mass is 9.47. The lowest BCUT2D eigenvalue weighted by Gasteiger charge is -2.55. The smallest absolute Gasteiger partial charge is 0.303 e. The fourth-order valence-corrected chi connectivity index (χ4v) is 7.95. The average molecular weight is 416 g/mol. The number of hydrogen-bond donors (Lipinski definition) is 0. The molecule has 9 atom stereocenters. The molecule has 5 rings (SSSR count). The van der Waals surface area contributed by atoms with Crippen molar-refractivity contribution in [2.45, 2.75) is 64.8 Å². The van der Waals surface area contributed by atoms with Gasteiger partial charge in [-0.3, -0.25) is 14.4 Å². The van der Waals surface area contributed by atoms with Gasteiger partial charge in [-0.05, 0) is 67.1 Å². The number of halogens is 1. The third-order valence-corrected chi connectivity index (χ3v) is 9.03. The number of rotatable bonds is 3. The molecule has 0 N–H and O–H groups in total. The first kappa shape index (κ1) is 20.1. The Morgan fingerprint density at radius 3 is 2.70 bits per heavy atom. The van der Waals surface area contributed by atoms with Crippen molar-refractivity contribution in [1.29, 1.82) is 0 Å². The second-order valence-corrected chi connectivity index (χ2v) is 10.5. The summed E-state index contributed by atoms with van der Waals surface area (Å²) in [7, 11) is 0. The van der Waals surface area contributed by atoms with E-state index in [2.05, 4.69) is 13.8 Å². The summed E-state index contributed by atoms with van der Waals surface area (Å²) >= 11 is 0. The molecular formula is C24H29FO5. The molecule has 5 aliphatic rings. The predicted molar refractivity (Wildman–Crippen MR) is 106 cm³/mol. The molecule has 9 unspecified atom stereocenters. The van der Waals surface area contributed by atoms with Crippen LogP contribution in [0.15, 0.2) is 23.8 Å². The molecule has 1 spiro atoms. The number of ketones is 2. The summed E-state index contributed by atoms with van der Waals surface area (Å²) in [6, 6.07) is 0. The Hall–Kier alpha value is -1.82. The summed E-state index contributed by atoms with van der Waals surface area (Å²) < 4.78 is 26.8. The van der Waals surface area contributed by atoms with Gasteiger partial charge in [0.2, 0.25) is 0 Å². The van der Waals surface area contributed by atoms with Crippen LogP contribution in [0.1, 0.15) is 47.0 Å². The van der Waals surface area contributed by atoms with Crippen LogP contribution in [0, 0.1) is 34.5 Å². The zero-order chi connectivity index (χ0) is 21.6. The lowest BCUT2D eigenvalue weighted by molar-refractivity contribution is -0.149. The quantitative estimate of drug-likeness (QED) is 0.521. The third kappa shape index (κ3) is 2.34. The molecule has 0 aromatic rings. The van der Waals surface area contributed by atoms with Crippen molar-refractivity contribution < 1.29 is 28.2 Å². The van der Waals surface area contributed by atoms with Crippen LogP contribution in [0.4, 0.5) is 4.39 Å². The molecule has 1 heterocycles. The van der Waals surface area contributed by atoms with E-state index in [1.54, 1.807) is 6.08 Å². The number of allylic oxidation sites excluding steroid dienone is 2. The highest BCUT2D eigenvalue weighted by molar-refractivity contribution is 6.01. The lowest BCUT2D eigenvalue weighted by Crippen LogP contribution is -2.59. The van der Waals surface area contributed by atoms with Crippen molar-refractivity contribution in [1.82, 2.24) is 0 Å². The monoisotopic (exact) mass is 416 g/mol. The molecule has 162 valence electrons. The van der Waals surface area contributed by atoms with Gasteiger partial charge in [-0.2, -0.15) is 0 Å². The molecule has 0 aromatic carbocycles. The number of alkyl halides is 1. The van der Waals surface area contributed by atoms with Gasteiger partial charge in [0.15, 0.2) is 11.6 Å². The summed E-state index contributed by atoms with van der Waals surface area (Å²) in [5, 5.41) is 0. The molecule has 0 radical (unpaired) electrons. The SMILES string of the molecule is CC(=O)OCC(=O)C1C(C)CC2C3CC(F)C4=CC(=O)C=CC4(C)C34OC4CC21C. The van der Waals surface area contributed by atoms with Crippen LogP contribution in [0.25, 0.3) is 0 Å². The van der Waals surface area contributed by atoms with Crippen LogP contribution in [0.2, 0.25) is 0 Å². The van der Waals surface area contributed by atoms with Crippen molar-refractivity contribution in [2.24, 2.45) is 34.5 Å².